The monoisotopic (exact) mass is 1470 g/mol. The molecule has 0 spiro atoms. The van der Waals surface area contributed by atoms with Gasteiger partial charge < -0.3 is 80.4 Å². The standard InChI is InChI=1S/2C27H33F2N3O3.C16H23FN2O2.C11H12FNO2/c2*28-20-4-6-21(7-5-20)32-14-11-19(16-32)27(34)30-24(17-31-12-1-2-13-31)26(33)18-3-10-25(23(29)15-18)35-22-8-9-22;17-13-9-11(3-6-15(13)21-12-4-5-12)16(20)14(18)10-19-7-1-2-8-19;12-9-1-3-10(4-2-9)13-6-5-8(7-13)11(14)15/h2*3-7,10,15,19,22,24,26,33H,1-2,8-9,11-14,16-17H2,(H,30,34);3,6,9,12,14,16,20H,1-2,4-5,7-8,10,18H2;1-4,8H,5-7H2,(H,14,15)/t19-,24+,26+;19-,24-,26-;14-,16-;/m011./s1. The topological polar surface area (TPSA) is 229 Å². The van der Waals surface area contributed by atoms with E-state index in [1.54, 1.807) is 72.8 Å². The first-order chi connectivity index (χ1) is 51.2. The maximum Gasteiger partial charge on any atom is 0.308 e. The van der Waals surface area contributed by atoms with E-state index in [0.29, 0.717) is 88.3 Å². The van der Waals surface area contributed by atoms with Crippen LogP contribution in [-0.2, 0) is 14.4 Å². The van der Waals surface area contributed by atoms with E-state index in [-0.39, 0.29) is 82.6 Å². The van der Waals surface area contributed by atoms with Crippen molar-refractivity contribution in [1.29, 1.82) is 0 Å². The highest BCUT2D eigenvalue weighted by molar-refractivity contribution is 5.81. The molecular weight excluding hydrogens is 1370 g/mol. The lowest BCUT2D eigenvalue weighted by atomic mass is 9.99. The number of halogens is 6. The first-order valence-corrected chi connectivity index (χ1v) is 37.9. The SMILES string of the molecule is N[C@H](CN1CCCC1)[C@H](O)c1ccc(OC2CC2)c(F)c1.O=C(N[C@H](CN1CCCC1)[C@H](O)c1ccc(OC2CC2)c(F)c1)[C@@H]1CCN(c2ccc(F)cc2)C1.O=C(N[C@H](CN1CCCC1)[C@H](O)c1ccc(OC2CC2)c(F)c1)[C@H]1CCN(c2ccc(F)cc2)C1.O=C(O)C1CCN(c2ccc(F)cc2)C1. The molecule has 3 aliphatic carbocycles. The number of rotatable bonds is 26. The lowest BCUT2D eigenvalue weighted by Gasteiger charge is -2.30. The van der Waals surface area contributed by atoms with Crippen LogP contribution in [0, 0.1) is 52.7 Å². The van der Waals surface area contributed by atoms with Gasteiger partial charge in [0.05, 0.1) is 54.3 Å². The predicted octanol–water partition coefficient (Wildman–Crippen LogP) is 10.9. The van der Waals surface area contributed by atoms with Crippen molar-refractivity contribution in [2.45, 2.75) is 151 Å². The fourth-order valence-corrected chi connectivity index (χ4v) is 14.7. The van der Waals surface area contributed by atoms with Gasteiger partial charge in [-0.15, -0.1) is 0 Å². The highest BCUT2D eigenvalue weighted by atomic mass is 19.1. The maximum atomic E-state index is 14.6. The molecule has 106 heavy (non-hydrogen) atoms. The van der Waals surface area contributed by atoms with Crippen molar-refractivity contribution in [3.8, 4) is 17.2 Å². The Morgan fingerprint density at radius 3 is 0.981 bits per heavy atom. The molecule has 572 valence electrons. The zero-order chi connectivity index (χ0) is 74.4. The molecule has 6 saturated heterocycles. The number of carbonyl (C=O) groups is 3. The van der Waals surface area contributed by atoms with Crippen molar-refractivity contribution in [2.24, 2.45) is 23.5 Å². The fraction of sp³-hybridized carbons (Fsp3) is 0.519. The predicted molar refractivity (Wildman–Crippen MR) is 392 cm³/mol. The van der Waals surface area contributed by atoms with E-state index in [2.05, 4.69) is 35.1 Å². The number of aliphatic hydroxyl groups is 3. The number of anilines is 3. The van der Waals surface area contributed by atoms with E-state index >= 15 is 0 Å². The molecule has 3 saturated carbocycles. The number of benzene rings is 6. The van der Waals surface area contributed by atoms with Crippen LogP contribution in [0.2, 0.25) is 0 Å². The summed E-state index contributed by atoms with van der Waals surface area (Å²) in [6.07, 6.45) is 11.9. The molecule has 6 aromatic rings. The van der Waals surface area contributed by atoms with Crippen molar-refractivity contribution in [1.82, 2.24) is 25.3 Å². The van der Waals surface area contributed by atoms with Crippen LogP contribution in [0.4, 0.5) is 43.4 Å². The van der Waals surface area contributed by atoms with E-state index in [1.165, 1.54) is 67.4 Å². The van der Waals surface area contributed by atoms with Crippen molar-refractivity contribution in [3.05, 3.63) is 179 Å². The molecule has 0 aromatic heterocycles. The maximum absolute atomic E-state index is 14.6. The van der Waals surface area contributed by atoms with Gasteiger partial charge in [-0.05, 0) is 261 Å². The van der Waals surface area contributed by atoms with Crippen LogP contribution in [0.1, 0.15) is 131 Å². The van der Waals surface area contributed by atoms with Crippen LogP contribution < -0.4 is 45.3 Å². The first-order valence-electron chi connectivity index (χ1n) is 37.9. The summed E-state index contributed by atoms with van der Waals surface area (Å²) in [5, 5.41) is 47.7. The summed E-state index contributed by atoms with van der Waals surface area (Å²) in [5.41, 5.74) is 10.1. The van der Waals surface area contributed by atoms with E-state index in [4.69, 9.17) is 25.1 Å². The first kappa shape index (κ1) is 77.4. The van der Waals surface area contributed by atoms with E-state index in [9.17, 15) is 56.0 Å². The van der Waals surface area contributed by atoms with Crippen LogP contribution in [0.5, 0.6) is 17.2 Å². The van der Waals surface area contributed by atoms with Gasteiger partial charge in [0.1, 0.15) is 29.7 Å². The molecule has 15 rings (SSSR count). The number of nitrogens with one attached hydrogen (secondary N) is 2. The Kier molecular flexibility index (Phi) is 26.8. The summed E-state index contributed by atoms with van der Waals surface area (Å²) in [4.78, 5) is 50.0. The number of amides is 2. The summed E-state index contributed by atoms with van der Waals surface area (Å²) in [6, 6.07) is 31.0. The molecule has 9 atom stereocenters. The lowest BCUT2D eigenvalue weighted by Crippen LogP contribution is -2.48. The molecule has 25 heteroatoms. The average molecular weight is 1470 g/mol. The second-order valence-corrected chi connectivity index (χ2v) is 29.8. The summed E-state index contributed by atoms with van der Waals surface area (Å²) >= 11 is 0. The van der Waals surface area contributed by atoms with Crippen LogP contribution in [0.15, 0.2) is 127 Å². The van der Waals surface area contributed by atoms with Gasteiger partial charge in [-0.2, -0.15) is 0 Å². The second kappa shape index (κ2) is 36.6. The van der Waals surface area contributed by atoms with Gasteiger partial charge in [0.2, 0.25) is 11.8 Å². The third kappa shape index (κ3) is 22.0. The van der Waals surface area contributed by atoms with Crippen LogP contribution in [-0.4, -0.2) is 188 Å². The molecular formula is C81H101F6N9O10. The van der Waals surface area contributed by atoms with Crippen LogP contribution in [0.3, 0.4) is 0 Å². The number of ether oxygens (including phenoxy) is 3. The Balaban J connectivity index is 0.000000139. The highest BCUT2D eigenvalue weighted by Gasteiger charge is 2.37. The smallest absolute Gasteiger partial charge is 0.308 e. The third-order valence-electron chi connectivity index (χ3n) is 21.4. The Bertz CT molecular complexity index is 3680. The number of hydrogen-bond donors (Lipinski definition) is 7. The molecule has 6 aliphatic heterocycles. The lowest BCUT2D eigenvalue weighted by molar-refractivity contribution is -0.141. The minimum absolute atomic E-state index is 0.0864. The Morgan fingerprint density at radius 1 is 0.396 bits per heavy atom. The number of aliphatic carboxylic acids is 1. The minimum Gasteiger partial charge on any atom is -0.487 e. The zero-order valence-electron chi connectivity index (χ0n) is 60.0. The summed E-state index contributed by atoms with van der Waals surface area (Å²) in [6.45, 7) is 11.1. The number of aliphatic hydroxyl groups excluding tert-OH is 3. The molecule has 1 unspecified atom stereocenters. The van der Waals surface area contributed by atoms with Crippen molar-refractivity contribution < 1.29 is 75.4 Å². The highest BCUT2D eigenvalue weighted by Crippen LogP contribution is 2.36. The Labute approximate surface area is 616 Å². The summed E-state index contributed by atoms with van der Waals surface area (Å²) < 4.78 is 99.1. The van der Waals surface area contributed by atoms with Gasteiger partial charge in [-0.3, -0.25) is 14.4 Å². The van der Waals surface area contributed by atoms with E-state index in [0.717, 1.165) is 127 Å². The van der Waals surface area contributed by atoms with Crippen molar-refractivity contribution >= 4 is 34.8 Å². The number of carbonyl (C=O) groups excluding carboxylic acids is 2. The van der Waals surface area contributed by atoms with Crippen molar-refractivity contribution in [3.63, 3.8) is 0 Å². The Hall–Kier alpha value is -8.17. The van der Waals surface area contributed by atoms with Crippen LogP contribution in [0.25, 0.3) is 0 Å². The van der Waals surface area contributed by atoms with Gasteiger partial charge in [-0.1, -0.05) is 18.2 Å². The number of nitrogens with two attached hydrogens (primary N) is 1. The zero-order valence-corrected chi connectivity index (χ0v) is 60.0. The number of carboxylic acid groups (broad SMARTS) is 1. The third-order valence-corrected chi connectivity index (χ3v) is 21.4. The van der Waals surface area contributed by atoms with E-state index < -0.39 is 59.9 Å². The normalized spacial score (nSPS) is 22.0. The van der Waals surface area contributed by atoms with Gasteiger partial charge in [-0.25, -0.2) is 26.3 Å². The number of nitrogens with zero attached hydrogens (tertiary/aromatic N) is 6. The molecule has 8 N–H and O–H groups in total. The molecule has 0 radical (unpaired) electrons. The molecule has 9 aliphatic rings. The average Bonchev–Trinajstić information content (AvgIpc) is 1.69. The molecule has 6 aromatic carbocycles. The second-order valence-electron chi connectivity index (χ2n) is 29.8. The molecule has 0 bridgehead atoms. The quantitative estimate of drug-likeness (QED) is 0.0250. The molecule has 19 nitrogen and oxygen atoms in total. The van der Waals surface area contributed by atoms with Gasteiger partial charge in [0, 0.05) is 82.0 Å². The minimum atomic E-state index is -1.04. The fourth-order valence-electron chi connectivity index (χ4n) is 14.7. The number of hydrogen-bond acceptors (Lipinski definition) is 16. The number of likely N-dealkylation sites (tertiary alicyclic amines) is 3. The number of carboxylic acids is 1. The van der Waals surface area contributed by atoms with Gasteiger partial charge >= 0.3 is 5.97 Å². The van der Waals surface area contributed by atoms with Crippen molar-refractivity contribution in [2.75, 3.05) is 113 Å². The molecule has 2 amide bonds. The Morgan fingerprint density at radius 2 is 0.689 bits per heavy atom. The van der Waals surface area contributed by atoms with Gasteiger partial charge in [0.25, 0.3) is 0 Å². The largest absolute Gasteiger partial charge is 0.487 e. The molecule has 6 heterocycles. The molecule has 9 fully saturated rings. The summed E-state index contributed by atoms with van der Waals surface area (Å²) in [5.74, 6) is -3.34. The van der Waals surface area contributed by atoms with E-state index in [1.807, 2.05) is 4.90 Å². The van der Waals surface area contributed by atoms with Crippen LogP contribution >= 0.6 is 0 Å². The summed E-state index contributed by atoms with van der Waals surface area (Å²) in [7, 11) is 0. The van der Waals surface area contributed by atoms with Gasteiger partial charge in [0.15, 0.2) is 34.7 Å².